The van der Waals surface area contributed by atoms with E-state index in [0.29, 0.717) is 0 Å². The summed E-state index contributed by atoms with van der Waals surface area (Å²) in [5.74, 6) is -1.88. The largest absolute Gasteiger partial charge is 0.480 e. The van der Waals surface area contributed by atoms with Crippen LogP contribution in [0.1, 0.15) is 39.3 Å². The van der Waals surface area contributed by atoms with Crippen LogP contribution in [0.4, 0.5) is 4.79 Å². The van der Waals surface area contributed by atoms with Gasteiger partial charge in [-0.3, -0.25) is 4.79 Å². The number of carbonyl (C=O) groups is 3. The average Bonchev–Trinajstić information content (AvgIpc) is 3.54. The molecule has 3 N–H and O–H groups in total. The van der Waals surface area contributed by atoms with Crippen LogP contribution in [0.2, 0.25) is 0 Å². The maximum Gasteiger partial charge on any atom is 0.407 e. The van der Waals surface area contributed by atoms with Gasteiger partial charge in [0.15, 0.2) is 0 Å². The molecule has 0 bridgehead atoms. The monoisotopic (exact) mass is 732 g/mol. The van der Waals surface area contributed by atoms with Crippen LogP contribution >= 0.6 is 11.8 Å². The van der Waals surface area contributed by atoms with Crippen LogP contribution in [-0.2, 0) is 25.5 Å². The molecule has 2 amide bonds. The molecule has 6 aromatic carbocycles. The van der Waals surface area contributed by atoms with Gasteiger partial charge in [-0.15, -0.1) is 11.8 Å². The molecule has 8 heteroatoms. The topological polar surface area (TPSA) is 105 Å². The van der Waals surface area contributed by atoms with Gasteiger partial charge in [-0.1, -0.05) is 170 Å². The van der Waals surface area contributed by atoms with Crippen molar-refractivity contribution in [3.63, 3.8) is 0 Å². The first-order valence-electron chi connectivity index (χ1n) is 17.9. The lowest BCUT2D eigenvalue weighted by Gasteiger charge is -2.36. The summed E-state index contributed by atoms with van der Waals surface area (Å²) in [6.45, 7) is 0.0646. The van der Waals surface area contributed by atoms with Crippen LogP contribution in [0.15, 0.2) is 170 Å². The van der Waals surface area contributed by atoms with Crippen LogP contribution in [0, 0.1) is 0 Å². The van der Waals surface area contributed by atoms with Gasteiger partial charge in [-0.25, -0.2) is 9.59 Å². The number of hydrogen-bond donors (Lipinski definition) is 3. The highest BCUT2D eigenvalue weighted by molar-refractivity contribution is 8.00. The molecule has 0 radical (unpaired) electrons. The smallest absolute Gasteiger partial charge is 0.407 e. The zero-order valence-electron chi connectivity index (χ0n) is 29.5. The number of carboxylic acids is 1. The van der Waals surface area contributed by atoms with E-state index >= 15 is 0 Å². The highest BCUT2D eigenvalue weighted by Crippen LogP contribution is 2.49. The van der Waals surface area contributed by atoms with Gasteiger partial charge in [0.25, 0.3) is 0 Å². The Hall–Kier alpha value is -6.12. The third kappa shape index (κ3) is 7.80. The molecular weight excluding hydrogens is 693 g/mol. The van der Waals surface area contributed by atoms with Gasteiger partial charge in [0.2, 0.25) is 5.91 Å². The molecule has 0 spiro atoms. The summed E-state index contributed by atoms with van der Waals surface area (Å²) in [7, 11) is 0. The van der Waals surface area contributed by atoms with E-state index in [1.54, 1.807) is 0 Å². The Bertz CT molecular complexity index is 2060. The minimum absolute atomic E-state index is 0.0646. The van der Waals surface area contributed by atoms with Crippen molar-refractivity contribution >= 4 is 29.7 Å². The zero-order valence-corrected chi connectivity index (χ0v) is 30.3. The molecule has 1 aliphatic rings. The van der Waals surface area contributed by atoms with Crippen LogP contribution in [-0.4, -0.2) is 47.5 Å². The summed E-state index contributed by atoms with van der Waals surface area (Å²) in [6, 6.07) is 53.0. The van der Waals surface area contributed by atoms with Gasteiger partial charge in [0.05, 0.1) is 4.75 Å². The summed E-state index contributed by atoms with van der Waals surface area (Å²) < 4.78 is 5.11. The Kier molecular flexibility index (Phi) is 11.2. The zero-order chi connectivity index (χ0) is 37.3. The van der Waals surface area contributed by atoms with E-state index in [4.69, 9.17) is 4.74 Å². The van der Waals surface area contributed by atoms with E-state index in [0.717, 1.165) is 44.5 Å². The maximum absolute atomic E-state index is 14.2. The highest BCUT2D eigenvalue weighted by atomic mass is 32.2. The van der Waals surface area contributed by atoms with Crippen molar-refractivity contribution in [2.45, 2.75) is 29.2 Å². The Labute approximate surface area is 319 Å². The lowest BCUT2D eigenvalue weighted by atomic mass is 9.84. The van der Waals surface area contributed by atoms with Crippen molar-refractivity contribution in [3.8, 4) is 11.1 Å². The average molecular weight is 733 g/mol. The first-order valence-corrected chi connectivity index (χ1v) is 18.9. The molecule has 0 heterocycles. The molecule has 6 aromatic rings. The van der Waals surface area contributed by atoms with Crippen LogP contribution in [0.25, 0.3) is 11.1 Å². The fraction of sp³-hybridized carbons (Fsp3) is 0.152. The van der Waals surface area contributed by atoms with Gasteiger partial charge in [-0.05, 0) is 44.5 Å². The minimum Gasteiger partial charge on any atom is -0.480 e. The molecule has 0 saturated carbocycles. The molecule has 2 atom stereocenters. The van der Waals surface area contributed by atoms with Gasteiger partial charge >= 0.3 is 12.1 Å². The number of aliphatic carboxylic acids is 1. The molecule has 7 rings (SSSR count). The van der Waals surface area contributed by atoms with E-state index < -0.39 is 34.8 Å². The molecule has 0 unspecified atom stereocenters. The summed E-state index contributed by atoms with van der Waals surface area (Å²) in [5, 5.41) is 15.8. The number of amides is 2. The number of fused-ring (bicyclic) bond motifs is 3. The summed E-state index contributed by atoms with van der Waals surface area (Å²) in [6.07, 6.45) is -0.688. The fourth-order valence-corrected chi connectivity index (χ4v) is 8.82. The Morgan fingerprint density at radius 3 is 1.52 bits per heavy atom. The maximum atomic E-state index is 14.2. The SMILES string of the molecule is O=C(N[C@@H](CSC(c1ccccc1)(c1ccccc1)c1ccccc1)C(=O)N[C@@H](Cc1ccccc1)C(=O)O)OCC1c2ccccc2-c2ccccc21. The first kappa shape index (κ1) is 36.2. The van der Waals surface area contributed by atoms with Gasteiger partial charge in [0.1, 0.15) is 18.7 Å². The number of rotatable bonds is 14. The van der Waals surface area contributed by atoms with E-state index in [9.17, 15) is 19.5 Å². The molecule has 54 heavy (non-hydrogen) atoms. The molecule has 0 aliphatic heterocycles. The molecule has 1 aliphatic carbocycles. The molecule has 0 saturated heterocycles. The Morgan fingerprint density at radius 1 is 0.593 bits per heavy atom. The molecular formula is C46H40N2O5S. The third-order valence-corrected chi connectivity index (χ3v) is 11.5. The summed E-state index contributed by atoms with van der Waals surface area (Å²) >= 11 is 1.49. The quantitative estimate of drug-likeness (QED) is 0.0972. The van der Waals surface area contributed by atoms with E-state index in [2.05, 4.69) is 59.2 Å². The lowest BCUT2D eigenvalue weighted by molar-refractivity contribution is -0.142. The number of nitrogens with one attached hydrogen (secondary N) is 2. The van der Waals surface area contributed by atoms with Crippen LogP contribution < -0.4 is 10.6 Å². The number of hydrogen-bond acceptors (Lipinski definition) is 5. The van der Waals surface area contributed by atoms with Crippen molar-refractivity contribution in [2.75, 3.05) is 12.4 Å². The van der Waals surface area contributed by atoms with Crippen molar-refractivity contribution < 1.29 is 24.2 Å². The minimum atomic E-state index is -1.22. The predicted octanol–water partition coefficient (Wildman–Crippen LogP) is 8.43. The van der Waals surface area contributed by atoms with E-state index in [-0.39, 0.29) is 24.7 Å². The number of benzene rings is 6. The molecule has 7 nitrogen and oxygen atoms in total. The Balaban J connectivity index is 1.19. The fourth-order valence-electron chi connectivity index (χ4n) is 7.26. The predicted molar refractivity (Wildman–Crippen MR) is 213 cm³/mol. The lowest BCUT2D eigenvalue weighted by Crippen LogP contribution is -2.53. The third-order valence-electron chi connectivity index (χ3n) is 9.86. The number of alkyl carbamates (subject to hydrolysis) is 1. The van der Waals surface area contributed by atoms with Crippen LogP contribution in [0.5, 0.6) is 0 Å². The van der Waals surface area contributed by atoms with E-state index in [1.807, 2.05) is 121 Å². The number of carboxylic acid groups (broad SMARTS) is 1. The highest BCUT2D eigenvalue weighted by Gasteiger charge is 2.39. The molecule has 0 aromatic heterocycles. The number of ether oxygens (including phenoxy) is 1. The van der Waals surface area contributed by atoms with Crippen molar-refractivity contribution in [2.24, 2.45) is 0 Å². The van der Waals surface area contributed by atoms with Crippen LogP contribution in [0.3, 0.4) is 0 Å². The second kappa shape index (κ2) is 16.7. The number of carbonyl (C=O) groups excluding carboxylic acids is 2. The standard InChI is InChI=1S/C46H40N2O5S/c49-43(47-41(44(50)51)29-32-17-5-1-6-18-32)42(48-45(52)53-30-40-38-27-15-13-25-36(38)37-26-14-16-28-39(37)40)31-54-46(33-19-7-2-8-20-33,34-21-9-3-10-22-34)35-23-11-4-12-24-35/h1-28,40-42H,29-31H2,(H,47,49)(H,48,52)(H,50,51)/t41-,42-/m0/s1. The second-order valence-electron chi connectivity index (χ2n) is 13.2. The second-order valence-corrected chi connectivity index (χ2v) is 14.4. The number of thioether (sulfide) groups is 1. The normalized spacial score (nSPS) is 13.2. The molecule has 0 fully saturated rings. The van der Waals surface area contributed by atoms with Gasteiger partial charge in [-0.2, -0.15) is 0 Å². The van der Waals surface area contributed by atoms with E-state index in [1.165, 1.54) is 11.8 Å². The van der Waals surface area contributed by atoms with Gasteiger partial charge in [0, 0.05) is 18.1 Å². The van der Waals surface area contributed by atoms with Gasteiger partial charge < -0.3 is 20.5 Å². The first-order chi connectivity index (χ1) is 26.4. The van der Waals surface area contributed by atoms with Crippen molar-refractivity contribution in [3.05, 3.63) is 203 Å². The molecule has 270 valence electrons. The van der Waals surface area contributed by atoms with Crippen molar-refractivity contribution in [1.29, 1.82) is 0 Å². The summed E-state index contributed by atoms with van der Waals surface area (Å²) in [4.78, 5) is 40.5. The Morgan fingerprint density at radius 2 is 1.04 bits per heavy atom. The van der Waals surface area contributed by atoms with Crippen molar-refractivity contribution in [1.82, 2.24) is 10.6 Å². The summed E-state index contributed by atoms with van der Waals surface area (Å²) in [5.41, 5.74) is 8.07.